The molecule has 82 valence electrons. The van der Waals surface area contributed by atoms with Crippen LogP contribution in [0, 0.1) is 5.82 Å². The van der Waals surface area contributed by atoms with Crippen molar-refractivity contribution < 1.29 is 4.39 Å². The van der Waals surface area contributed by atoms with E-state index < -0.39 is 0 Å². The Morgan fingerprint density at radius 3 is 2.80 bits per heavy atom. The minimum atomic E-state index is -0.0866. The first-order chi connectivity index (χ1) is 7.25. The largest absolute Gasteiger partial charge is 0.255 e. The molecule has 0 spiro atoms. The van der Waals surface area contributed by atoms with Crippen LogP contribution in [0.5, 0.6) is 0 Å². The lowest BCUT2D eigenvalue weighted by Crippen LogP contribution is -2.32. The molecule has 2 nitrogen and oxygen atoms in total. The van der Waals surface area contributed by atoms with Crippen LogP contribution in [0.3, 0.4) is 0 Å². The van der Waals surface area contributed by atoms with E-state index in [-0.39, 0.29) is 5.82 Å². The van der Waals surface area contributed by atoms with Gasteiger partial charge in [-0.3, -0.25) is 10.9 Å². The molecule has 1 heterocycles. The molecule has 1 aliphatic rings. The van der Waals surface area contributed by atoms with Gasteiger partial charge in [0.25, 0.3) is 0 Å². The molecule has 0 bridgehead atoms. The van der Waals surface area contributed by atoms with Crippen molar-refractivity contribution in [3.05, 3.63) is 35.6 Å². The van der Waals surface area contributed by atoms with Crippen molar-refractivity contribution in [1.29, 1.82) is 0 Å². The van der Waals surface area contributed by atoms with E-state index in [0.29, 0.717) is 12.1 Å². The summed E-state index contributed by atoms with van der Waals surface area (Å²) in [5.41, 5.74) is 7.22. The molecule has 1 aromatic rings. The van der Waals surface area contributed by atoms with E-state index in [2.05, 4.69) is 17.8 Å². The maximum atomic E-state index is 13.3. The Balaban J connectivity index is 1.86. The number of nitrogens with one attached hydrogen (secondary N) is 2. The quantitative estimate of drug-likeness (QED) is 0.794. The Kier molecular flexibility index (Phi) is 3.34. The highest BCUT2D eigenvalue weighted by Crippen LogP contribution is 2.14. The monoisotopic (exact) mass is 208 g/mol. The fourth-order valence-electron chi connectivity index (χ4n) is 2.03. The standard InChI is InChI=1S/C12H17FN2/c1-9-8-11(15-14-9)7-6-10-4-2-3-5-12(10)13/h2-5,9,11,14-15H,6-8H2,1H3. The number of halogens is 1. The molecule has 2 atom stereocenters. The summed E-state index contributed by atoms with van der Waals surface area (Å²) in [7, 11) is 0. The molecule has 15 heavy (non-hydrogen) atoms. The topological polar surface area (TPSA) is 24.1 Å². The van der Waals surface area contributed by atoms with E-state index in [1.165, 1.54) is 6.07 Å². The second-order valence-corrected chi connectivity index (χ2v) is 4.25. The Labute approximate surface area is 89.9 Å². The van der Waals surface area contributed by atoms with Crippen molar-refractivity contribution >= 4 is 0 Å². The first-order valence-electron chi connectivity index (χ1n) is 5.50. The van der Waals surface area contributed by atoms with Crippen LogP contribution in [0.1, 0.15) is 25.3 Å². The van der Waals surface area contributed by atoms with Crippen LogP contribution in [-0.4, -0.2) is 12.1 Å². The highest BCUT2D eigenvalue weighted by atomic mass is 19.1. The third-order valence-corrected chi connectivity index (χ3v) is 2.89. The highest BCUT2D eigenvalue weighted by Gasteiger charge is 2.19. The molecule has 1 saturated heterocycles. The Bertz CT molecular complexity index is 327. The summed E-state index contributed by atoms with van der Waals surface area (Å²) in [6.45, 7) is 2.15. The van der Waals surface area contributed by atoms with Crippen molar-refractivity contribution in [2.45, 2.75) is 38.3 Å². The second kappa shape index (κ2) is 4.73. The SMILES string of the molecule is CC1CC(CCc2ccccc2F)NN1. The molecule has 2 unspecified atom stereocenters. The third kappa shape index (κ3) is 2.76. The summed E-state index contributed by atoms with van der Waals surface area (Å²) in [5, 5.41) is 0. The highest BCUT2D eigenvalue weighted by molar-refractivity contribution is 5.17. The average molecular weight is 208 g/mol. The number of hydrogen-bond donors (Lipinski definition) is 2. The van der Waals surface area contributed by atoms with E-state index >= 15 is 0 Å². The molecule has 1 aromatic carbocycles. The van der Waals surface area contributed by atoms with Crippen molar-refractivity contribution in [3.8, 4) is 0 Å². The van der Waals surface area contributed by atoms with Gasteiger partial charge in [-0.1, -0.05) is 18.2 Å². The molecule has 0 amide bonds. The lowest BCUT2D eigenvalue weighted by Gasteiger charge is -2.09. The predicted molar refractivity (Wildman–Crippen MR) is 58.9 cm³/mol. The van der Waals surface area contributed by atoms with Crippen LogP contribution < -0.4 is 10.9 Å². The summed E-state index contributed by atoms with van der Waals surface area (Å²) in [4.78, 5) is 0. The van der Waals surface area contributed by atoms with Gasteiger partial charge in [-0.2, -0.15) is 0 Å². The van der Waals surface area contributed by atoms with Crippen molar-refractivity contribution in [1.82, 2.24) is 10.9 Å². The van der Waals surface area contributed by atoms with Gasteiger partial charge in [0.2, 0.25) is 0 Å². The zero-order valence-corrected chi connectivity index (χ0v) is 8.96. The summed E-state index contributed by atoms with van der Waals surface area (Å²) in [6.07, 6.45) is 2.91. The number of aryl methyl sites for hydroxylation is 1. The molecule has 2 rings (SSSR count). The maximum absolute atomic E-state index is 13.3. The zero-order valence-electron chi connectivity index (χ0n) is 8.96. The first kappa shape index (κ1) is 10.6. The first-order valence-corrected chi connectivity index (χ1v) is 5.50. The summed E-state index contributed by atoms with van der Waals surface area (Å²) in [6, 6.07) is 8.01. The van der Waals surface area contributed by atoms with Crippen molar-refractivity contribution in [2.24, 2.45) is 0 Å². The van der Waals surface area contributed by atoms with Gasteiger partial charge in [0, 0.05) is 12.1 Å². The lowest BCUT2D eigenvalue weighted by molar-refractivity contribution is 0.510. The minimum absolute atomic E-state index is 0.0866. The third-order valence-electron chi connectivity index (χ3n) is 2.89. The normalized spacial score (nSPS) is 25.7. The Morgan fingerprint density at radius 2 is 2.13 bits per heavy atom. The second-order valence-electron chi connectivity index (χ2n) is 4.25. The Hall–Kier alpha value is -0.930. The average Bonchev–Trinajstić information content (AvgIpc) is 2.63. The van der Waals surface area contributed by atoms with Gasteiger partial charge in [0.1, 0.15) is 5.82 Å². The van der Waals surface area contributed by atoms with Gasteiger partial charge in [-0.15, -0.1) is 0 Å². The summed E-state index contributed by atoms with van der Waals surface area (Å²) in [5.74, 6) is -0.0866. The molecule has 2 N–H and O–H groups in total. The van der Waals surface area contributed by atoms with E-state index in [4.69, 9.17) is 0 Å². The maximum Gasteiger partial charge on any atom is 0.126 e. The fourth-order valence-corrected chi connectivity index (χ4v) is 2.03. The summed E-state index contributed by atoms with van der Waals surface area (Å²) >= 11 is 0. The molecular formula is C12H17FN2. The molecule has 0 aliphatic carbocycles. The van der Waals surface area contributed by atoms with Crippen molar-refractivity contribution in [2.75, 3.05) is 0 Å². The Morgan fingerprint density at radius 1 is 1.33 bits per heavy atom. The van der Waals surface area contributed by atoms with Crippen LogP contribution in [0.15, 0.2) is 24.3 Å². The minimum Gasteiger partial charge on any atom is -0.255 e. The number of hydrogen-bond acceptors (Lipinski definition) is 2. The molecular weight excluding hydrogens is 191 g/mol. The fraction of sp³-hybridized carbons (Fsp3) is 0.500. The van der Waals surface area contributed by atoms with Crippen LogP contribution in [0.4, 0.5) is 4.39 Å². The van der Waals surface area contributed by atoms with Crippen molar-refractivity contribution in [3.63, 3.8) is 0 Å². The van der Waals surface area contributed by atoms with E-state index in [1.54, 1.807) is 6.07 Å². The van der Waals surface area contributed by atoms with E-state index in [9.17, 15) is 4.39 Å². The van der Waals surface area contributed by atoms with E-state index in [1.807, 2.05) is 12.1 Å². The van der Waals surface area contributed by atoms with Gasteiger partial charge in [0.15, 0.2) is 0 Å². The molecule has 1 fully saturated rings. The molecule has 1 aliphatic heterocycles. The van der Waals surface area contributed by atoms with Gasteiger partial charge in [0.05, 0.1) is 0 Å². The van der Waals surface area contributed by atoms with Gasteiger partial charge in [-0.05, 0) is 37.8 Å². The smallest absolute Gasteiger partial charge is 0.126 e. The van der Waals surface area contributed by atoms with E-state index in [0.717, 1.165) is 24.8 Å². The molecule has 0 radical (unpaired) electrons. The number of benzene rings is 1. The number of hydrazine groups is 1. The molecule has 0 saturated carbocycles. The van der Waals surface area contributed by atoms with Crippen LogP contribution in [0.25, 0.3) is 0 Å². The zero-order chi connectivity index (χ0) is 10.7. The van der Waals surface area contributed by atoms with Gasteiger partial charge in [-0.25, -0.2) is 4.39 Å². The molecule has 3 heteroatoms. The lowest BCUT2D eigenvalue weighted by atomic mass is 10.0. The number of rotatable bonds is 3. The van der Waals surface area contributed by atoms with Gasteiger partial charge < -0.3 is 0 Å². The van der Waals surface area contributed by atoms with Crippen LogP contribution >= 0.6 is 0 Å². The van der Waals surface area contributed by atoms with Crippen LogP contribution in [0.2, 0.25) is 0 Å². The summed E-state index contributed by atoms with van der Waals surface area (Å²) < 4.78 is 13.3. The van der Waals surface area contributed by atoms with Gasteiger partial charge >= 0.3 is 0 Å². The molecule has 0 aromatic heterocycles. The van der Waals surface area contributed by atoms with Crippen LogP contribution in [-0.2, 0) is 6.42 Å². The predicted octanol–water partition coefficient (Wildman–Crippen LogP) is 2.01.